The topological polar surface area (TPSA) is 43.4 Å². The molecule has 3 atom stereocenters. The molecule has 2 aliphatic carbocycles. The van der Waals surface area contributed by atoms with E-state index in [-0.39, 0.29) is 23.4 Å². The van der Waals surface area contributed by atoms with E-state index in [1.54, 1.807) is 0 Å². The monoisotopic (exact) mass is 524 g/mol. The van der Waals surface area contributed by atoms with E-state index in [2.05, 4.69) is 26.0 Å². The molecular formula is C35H56O3. The molecule has 2 saturated carbocycles. The highest BCUT2D eigenvalue weighted by molar-refractivity contribution is 6.05. The van der Waals surface area contributed by atoms with Gasteiger partial charge in [-0.15, -0.1) is 0 Å². The van der Waals surface area contributed by atoms with Crippen molar-refractivity contribution in [2.24, 2.45) is 17.8 Å². The molecule has 3 rings (SSSR count). The number of unbranched alkanes of at least 4 members (excludes halogenated alkanes) is 9. The van der Waals surface area contributed by atoms with Crippen molar-refractivity contribution >= 4 is 11.6 Å². The van der Waals surface area contributed by atoms with Gasteiger partial charge in [0.2, 0.25) is 0 Å². The third kappa shape index (κ3) is 10.2. The summed E-state index contributed by atoms with van der Waals surface area (Å²) in [6.07, 6.45) is 23.4. The predicted molar refractivity (Wildman–Crippen MR) is 159 cm³/mol. The van der Waals surface area contributed by atoms with Crippen LogP contribution in [0.2, 0.25) is 0 Å². The highest BCUT2D eigenvalue weighted by atomic mass is 16.5. The van der Waals surface area contributed by atoms with Crippen molar-refractivity contribution < 1.29 is 14.3 Å². The van der Waals surface area contributed by atoms with Gasteiger partial charge in [-0.05, 0) is 61.6 Å². The molecule has 0 aromatic heterocycles. The Morgan fingerprint density at radius 1 is 0.789 bits per heavy atom. The maximum Gasteiger partial charge on any atom is 0.151 e. The predicted octanol–water partition coefficient (Wildman–Crippen LogP) is 10.0. The standard InChI is InChI=1S/C35H56O3/c1-3-5-7-9-11-16-26-38-31-23-21-30(22-24-31)34(29-18-14-12-15-19-29)35(37)32-25-20-28(27-33(32)36)17-13-10-8-6-4-2/h21-24,28-29,32,34H,3-20,25-27H2,1-2H3. The van der Waals surface area contributed by atoms with Crippen LogP contribution < -0.4 is 4.74 Å². The molecule has 1 aromatic rings. The van der Waals surface area contributed by atoms with Gasteiger partial charge in [-0.3, -0.25) is 9.59 Å². The number of rotatable bonds is 18. The summed E-state index contributed by atoms with van der Waals surface area (Å²) >= 11 is 0. The molecule has 3 unspecified atom stereocenters. The average Bonchev–Trinajstić information content (AvgIpc) is 2.94. The average molecular weight is 525 g/mol. The van der Waals surface area contributed by atoms with Gasteiger partial charge in [-0.25, -0.2) is 0 Å². The third-order valence-corrected chi connectivity index (χ3v) is 9.24. The summed E-state index contributed by atoms with van der Waals surface area (Å²) in [5.41, 5.74) is 1.10. The first kappa shape index (κ1) is 30.9. The molecule has 2 fully saturated rings. The molecule has 0 aliphatic heterocycles. The molecule has 0 N–H and O–H groups in total. The van der Waals surface area contributed by atoms with Crippen LogP contribution in [-0.2, 0) is 9.59 Å². The Balaban J connectivity index is 1.56. The zero-order valence-electron chi connectivity index (χ0n) is 24.7. The molecule has 0 bridgehead atoms. The fourth-order valence-corrected chi connectivity index (χ4v) is 6.87. The summed E-state index contributed by atoms with van der Waals surface area (Å²) < 4.78 is 6.01. The molecule has 0 radical (unpaired) electrons. The van der Waals surface area contributed by atoms with E-state index in [1.807, 2.05) is 12.1 Å². The lowest BCUT2D eigenvalue weighted by Gasteiger charge is -2.34. The van der Waals surface area contributed by atoms with Crippen molar-refractivity contribution in [3.05, 3.63) is 29.8 Å². The minimum Gasteiger partial charge on any atom is -0.494 e. The van der Waals surface area contributed by atoms with Crippen LogP contribution in [0.4, 0.5) is 0 Å². The van der Waals surface area contributed by atoms with Crippen molar-refractivity contribution in [2.45, 2.75) is 148 Å². The SMILES string of the molecule is CCCCCCCCOc1ccc(C(C(=O)C2CCC(CCCCCCC)CC2=O)C2CCCCC2)cc1. The van der Waals surface area contributed by atoms with Crippen LogP contribution in [0.15, 0.2) is 24.3 Å². The van der Waals surface area contributed by atoms with Crippen LogP contribution in [-0.4, -0.2) is 18.2 Å². The summed E-state index contributed by atoms with van der Waals surface area (Å²) in [7, 11) is 0. The van der Waals surface area contributed by atoms with Crippen molar-refractivity contribution in [3.63, 3.8) is 0 Å². The molecule has 3 heteroatoms. The summed E-state index contributed by atoms with van der Waals surface area (Å²) in [4.78, 5) is 27.2. The van der Waals surface area contributed by atoms with Crippen LogP contribution in [0.25, 0.3) is 0 Å². The van der Waals surface area contributed by atoms with Crippen molar-refractivity contribution in [1.82, 2.24) is 0 Å². The molecule has 0 spiro atoms. The minimum absolute atomic E-state index is 0.137. The Morgan fingerprint density at radius 2 is 1.42 bits per heavy atom. The first-order valence-electron chi connectivity index (χ1n) is 16.4. The number of ketones is 2. The zero-order chi connectivity index (χ0) is 27.0. The van der Waals surface area contributed by atoms with Gasteiger partial charge < -0.3 is 4.74 Å². The Morgan fingerprint density at radius 3 is 2.08 bits per heavy atom. The van der Waals surface area contributed by atoms with Crippen molar-refractivity contribution in [2.75, 3.05) is 6.61 Å². The molecule has 2 aliphatic rings. The van der Waals surface area contributed by atoms with Gasteiger partial charge in [0.1, 0.15) is 11.5 Å². The first-order chi connectivity index (χ1) is 18.6. The molecule has 38 heavy (non-hydrogen) atoms. The van der Waals surface area contributed by atoms with E-state index < -0.39 is 0 Å². The van der Waals surface area contributed by atoms with Crippen LogP contribution in [0.3, 0.4) is 0 Å². The Bertz CT molecular complexity index is 792. The largest absolute Gasteiger partial charge is 0.494 e. The molecule has 0 heterocycles. The van der Waals surface area contributed by atoms with E-state index in [0.29, 0.717) is 18.3 Å². The maximum absolute atomic E-state index is 14.0. The second-order valence-corrected chi connectivity index (χ2v) is 12.3. The zero-order valence-corrected chi connectivity index (χ0v) is 24.7. The second-order valence-electron chi connectivity index (χ2n) is 12.3. The smallest absolute Gasteiger partial charge is 0.151 e. The van der Waals surface area contributed by atoms with Gasteiger partial charge in [0.15, 0.2) is 5.78 Å². The Labute approximate surface area is 233 Å². The minimum atomic E-state index is -0.387. The number of Topliss-reactive ketones (excluding diaryl/α,β-unsaturated/α-hetero) is 2. The fraction of sp³-hybridized carbons (Fsp3) is 0.771. The number of ether oxygens (including phenoxy) is 1. The molecular weight excluding hydrogens is 468 g/mol. The first-order valence-corrected chi connectivity index (χ1v) is 16.4. The fourth-order valence-electron chi connectivity index (χ4n) is 6.87. The lowest BCUT2D eigenvalue weighted by atomic mass is 9.68. The van der Waals surface area contributed by atoms with Crippen molar-refractivity contribution in [1.29, 1.82) is 0 Å². The normalized spacial score (nSPS) is 21.4. The molecule has 0 amide bonds. The molecule has 214 valence electrons. The highest BCUT2D eigenvalue weighted by Gasteiger charge is 2.40. The molecule has 3 nitrogen and oxygen atoms in total. The van der Waals surface area contributed by atoms with E-state index in [9.17, 15) is 9.59 Å². The molecule has 1 aromatic carbocycles. The number of carbonyl (C=O) groups excluding carboxylic acids is 2. The van der Waals surface area contributed by atoms with Gasteiger partial charge in [0, 0.05) is 12.3 Å². The highest BCUT2D eigenvalue weighted by Crippen LogP contribution is 2.41. The second kappa shape index (κ2) is 17.9. The van der Waals surface area contributed by atoms with Gasteiger partial charge in [-0.2, -0.15) is 0 Å². The number of hydrogen-bond donors (Lipinski definition) is 0. The van der Waals surface area contributed by atoms with Crippen molar-refractivity contribution in [3.8, 4) is 5.75 Å². The van der Waals surface area contributed by atoms with Crippen LogP contribution in [0.1, 0.15) is 154 Å². The maximum atomic E-state index is 14.0. The Hall–Kier alpha value is -1.64. The van der Waals surface area contributed by atoms with Gasteiger partial charge in [0.05, 0.1) is 12.5 Å². The third-order valence-electron chi connectivity index (χ3n) is 9.24. The van der Waals surface area contributed by atoms with E-state index in [0.717, 1.165) is 56.4 Å². The summed E-state index contributed by atoms with van der Waals surface area (Å²) in [5.74, 6) is 1.67. The van der Waals surface area contributed by atoms with Crippen LogP contribution in [0, 0.1) is 17.8 Å². The van der Waals surface area contributed by atoms with Gasteiger partial charge in [0.25, 0.3) is 0 Å². The Kier molecular flexibility index (Phi) is 14.5. The summed E-state index contributed by atoms with van der Waals surface area (Å²) in [5, 5.41) is 0. The lowest BCUT2D eigenvalue weighted by molar-refractivity contribution is -0.137. The quantitative estimate of drug-likeness (QED) is 0.142. The van der Waals surface area contributed by atoms with Crippen LogP contribution in [0.5, 0.6) is 5.75 Å². The summed E-state index contributed by atoms with van der Waals surface area (Å²) in [6, 6.07) is 8.32. The number of hydrogen-bond acceptors (Lipinski definition) is 3. The summed E-state index contributed by atoms with van der Waals surface area (Å²) in [6.45, 7) is 5.25. The van der Waals surface area contributed by atoms with E-state index >= 15 is 0 Å². The van der Waals surface area contributed by atoms with E-state index in [1.165, 1.54) is 83.5 Å². The van der Waals surface area contributed by atoms with Gasteiger partial charge >= 0.3 is 0 Å². The number of carbonyl (C=O) groups is 2. The van der Waals surface area contributed by atoms with Gasteiger partial charge in [-0.1, -0.05) is 116 Å². The molecule has 0 saturated heterocycles. The van der Waals surface area contributed by atoms with E-state index in [4.69, 9.17) is 4.74 Å². The lowest BCUT2D eigenvalue weighted by Crippen LogP contribution is -2.36. The number of benzene rings is 1. The van der Waals surface area contributed by atoms with Crippen LogP contribution >= 0.6 is 0 Å².